The summed E-state index contributed by atoms with van der Waals surface area (Å²) in [6.07, 6.45) is 3.30. The molecule has 0 aliphatic rings. The highest BCUT2D eigenvalue weighted by Crippen LogP contribution is 2.20. The topological polar surface area (TPSA) is 71.8 Å². The summed E-state index contributed by atoms with van der Waals surface area (Å²) in [5.74, 6) is 0.553. The van der Waals surface area contributed by atoms with Gasteiger partial charge in [-0.2, -0.15) is 0 Å². The molecule has 2 N–H and O–H groups in total. The summed E-state index contributed by atoms with van der Waals surface area (Å²) in [4.78, 5) is 21.2. The summed E-state index contributed by atoms with van der Waals surface area (Å²) < 4.78 is 1.90. The molecule has 134 valence electrons. The van der Waals surface area contributed by atoms with Crippen molar-refractivity contribution in [2.75, 3.05) is 10.6 Å². The van der Waals surface area contributed by atoms with Gasteiger partial charge in [0.05, 0.1) is 11.0 Å². The highest BCUT2D eigenvalue weighted by atomic mass is 16.1. The third-order valence-electron chi connectivity index (χ3n) is 4.21. The van der Waals surface area contributed by atoms with Crippen LogP contribution in [-0.2, 0) is 17.9 Å². The zero-order valence-electron chi connectivity index (χ0n) is 14.7. The zero-order valence-corrected chi connectivity index (χ0v) is 14.7. The molecule has 0 bridgehead atoms. The Morgan fingerprint density at radius 3 is 2.48 bits per heavy atom. The number of pyridine rings is 1. The number of nitrogens with zero attached hydrogens (tertiary/aromatic N) is 3. The van der Waals surface area contributed by atoms with Gasteiger partial charge >= 0.3 is 0 Å². The quantitative estimate of drug-likeness (QED) is 0.552. The van der Waals surface area contributed by atoms with Crippen LogP contribution < -0.4 is 10.6 Å². The van der Waals surface area contributed by atoms with E-state index in [1.807, 2.05) is 47.0 Å². The van der Waals surface area contributed by atoms with E-state index in [0.717, 1.165) is 22.3 Å². The molecule has 6 nitrogen and oxygen atoms in total. The van der Waals surface area contributed by atoms with Crippen LogP contribution in [0.2, 0.25) is 0 Å². The maximum atomic E-state index is 12.5. The normalized spacial score (nSPS) is 10.7. The number of carbonyl (C=O) groups is 1. The molecular formula is C21H19N5O. The Morgan fingerprint density at radius 2 is 1.67 bits per heavy atom. The average molecular weight is 357 g/mol. The molecule has 27 heavy (non-hydrogen) atoms. The number of hydrogen-bond acceptors (Lipinski definition) is 4. The predicted molar refractivity (Wildman–Crippen MR) is 106 cm³/mol. The maximum absolute atomic E-state index is 12.5. The number of rotatable bonds is 6. The van der Waals surface area contributed by atoms with Crippen LogP contribution in [0.3, 0.4) is 0 Å². The predicted octanol–water partition coefficient (Wildman–Crippen LogP) is 3.68. The van der Waals surface area contributed by atoms with Crippen molar-refractivity contribution in [2.45, 2.75) is 13.1 Å². The van der Waals surface area contributed by atoms with Gasteiger partial charge in [0.25, 0.3) is 0 Å². The molecule has 0 atom stereocenters. The van der Waals surface area contributed by atoms with E-state index in [1.54, 1.807) is 24.5 Å². The Morgan fingerprint density at radius 1 is 0.926 bits per heavy atom. The smallest absolute Gasteiger partial charge is 0.244 e. The van der Waals surface area contributed by atoms with Crippen LogP contribution in [0, 0.1) is 0 Å². The Labute approximate surface area is 156 Å². The highest BCUT2D eigenvalue weighted by Gasteiger charge is 2.13. The third kappa shape index (κ3) is 3.95. The highest BCUT2D eigenvalue weighted by molar-refractivity contribution is 5.92. The molecular weight excluding hydrogens is 338 g/mol. The van der Waals surface area contributed by atoms with Gasteiger partial charge in [0.2, 0.25) is 11.9 Å². The number of aromatic nitrogens is 3. The summed E-state index contributed by atoms with van der Waals surface area (Å²) in [6.45, 7) is 0.802. The molecule has 0 spiro atoms. The van der Waals surface area contributed by atoms with E-state index < -0.39 is 0 Å². The van der Waals surface area contributed by atoms with Gasteiger partial charge in [0.15, 0.2) is 0 Å². The van der Waals surface area contributed by atoms with Crippen molar-refractivity contribution in [3.05, 3.63) is 84.7 Å². The van der Waals surface area contributed by atoms with Crippen molar-refractivity contribution in [1.29, 1.82) is 0 Å². The first-order valence-electron chi connectivity index (χ1n) is 8.72. The summed E-state index contributed by atoms with van der Waals surface area (Å²) in [6, 6.07) is 21.4. The Balaban J connectivity index is 1.57. The first-order chi connectivity index (χ1) is 13.3. The molecule has 4 rings (SSSR count). The second-order valence-electron chi connectivity index (χ2n) is 6.13. The van der Waals surface area contributed by atoms with E-state index in [2.05, 4.69) is 32.7 Å². The van der Waals surface area contributed by atoms with Crippen molar-refractivity contribution >= 4 is 28.6 Å². The molecule has 0 aliphatic carbocycles. The zero-order chi connectivity index (χ0) is 18.5. The Kier molecular flexibility index (Phi) is 4.78. The number of anilines is 2. The second-order valence-corrected chi connectivity index (χ2v) is 6.13. The molecule has 0 aliphatic heterocycles. The minimum atomic E-state index is -0.118. The fourth-order valence-corrected chi connectivity index (χ4v) is 2.93. The van der Waals surface area contributed by atoms with E-state index >= 15 is 0 Å². The van der Waals surface area contributed by atoms with E-state index in [-0.39, 0.29) is 12.5 Å². The number of hydrogen-bond donors (Lipinski definition) is 2. The fourth-order valence-electron chi connectivity index (χ4n) is 2.93. The fraction of sp³-hybridized carbons (Fsp3) is 0.0952. The van der Waals surface area contributed by atoms with Gasteiger partial charge in [-0.15, -0.1) is 0 Å². The molecule has 2 aromatic heterocycles. The van der Waals surface area contributed by atoms with Crippen molar-refractivity contribution in [1.82, 2.24) is 14.5 Å². The monoisotopic (exact) mass is 357 g/mol. The molecule has 6 heteroatoms. The second kappa shape index (κ2) is 7.70. The average Bonchev–Trinajstić information content (AvgIpc) is 3.05. The van der Waals surface area contributed by atoms with Crippen LogP contribution >= 0.6 is 0 Å². The lowest BCUT2D eigenvalue weighted by atomic mass is 10.2. The minimum absolute atomic E-state index is 0.118. The van der Waals surface area contributed by atoms with Gasteiger partial charge in [0.1, 0.15) is 6.54 Å². The van der Waals surface area contributed by atoms with Crippen molar-refractivity contribution in [2.24, 2.45) is 0 Å². The van der Waals surface area contributed by atoms with Crippen molar-refractivity contribution < 1.29 is 4.79 Å². The number of para-hydroxylation sites is 2. The lowest BCUT2D eigenvalue weighted by Gasteiger charge is -2.11. The largest absolute Gasteiger partial charge is 0.352 e. The van der Waals surface area contributed by atoms with E-state index in [9.17, 15) is 4.79 Å². The molecule has 2 aromatic carbocycles. The van der Waals surface area contributed by atoms with Crippen LogP contribution in [0.4, 0.5) is 11.6 Å². The van der Waals surface area contributed by atoms with E-state index in [4.69, 9.17) is 0 Å². The maximum Gasteiger partial charge on any atom is 0.244 e. The molecule has 0 unspecified atom stereocenters. The molecule has 1 amide bonds. The standard InChI is InChI=1S/C21H19N5O/c27-20(24-17-10-12-22-13-11-17)15-26-19-9-5-4-8-18(19)25-21(26)23-14-16-6-2-1-3-7-16/h1-13H,14-15H2,(H,23,25)(H,22,24,27). The number of benzene rings is 2. The van der Waals surface area contributed by atoms with Crippen LogP contribution in [0.15, 0.2) is 79.1 Å². The molecule has 4 aromatic rings. The SMILES string of the molecule is O=C(Cn1c(NCc2ccccc2)nc2ccccc21)Nc1ccncc1. The van der Waals surface area contributed by atoms with Gasteiger partial charge in [-0.25, -0.2) is 4.98 Å². The Hall–Kier alpha value is -3.67. The molecule has 0 radical (unpaired) electrons. The lowest BCUT2D eigenvalue weighted by Crippen LogP contribution is -2.20. The van der Waals surface area contributed by atoms with Gasteiger partial charge in [0, 0.05) is 24.6 Å². The van der Waals surface area contributed by atoms with Crippen molar-refractivity contribution in [3.8, 4) is 0 Å². The summed E-state index contributed by atoms with van der Waals surface area (Å²) in [5.41, 5.74) is 3.64. The third-order valence-corrected chi connectivity index (χ3v) is 4.21. The molecule has 0 saturated carbocycles. The van der Waals surface area contributed by atoms with Gasteiger partial charge in [-0.1, -0.05) is 42.5 Å². The molecule has 2 heterocycles. The van der Waals surface area contributed by atoms with E-state index in [0.29, 0.717) is 12.5 Å². The summed E-state index contributed by atoms with van der Waals surface area (Å²) in [5, 5.41) is 6.24. The molecule has 0 fully saturated rings. The first kappa shape index (κ1) is 16.8. The van der Waals surface area contributed by atoms with Crippen LogP contribution in [0.1, 0.15) is 5.56 Å². The lowest BCUT2D eigenvalue weighted by molar-refractivity contribution is -0.116. The number of nitrogens with one attached hydrogen (secondary N) is 2. The van der Waals surface area contributed by atoms with E-state index in [1.165, 1.54) is 0 Å². The summed E-state index contributed by atoms with van der Waals surface area (Å²) >= 11 is 0. The van der Waals surface area contributed by atoms with Crippen LogP contribution in [-0.4, -0.2) is 20.4 Å². The van der Waals surface area contributed by atoms with Gasteiger partial charge in [-0.05, 0) is 29.8 Å². The number of amides is 1. The number of fused-ring (bicyclic) bond motifs is 1. The molecule has 0 saturated heterocycles. The number of carbonyl (C=O) groups excluding carboxylic acids is 1. The first-order valence-corrected chi connectivity index (χ1v) is 8.72. The van der Waals surface area contributed by atoms with Gasteiger partial charge in [-0.3, -0.25) is 9.78 Å². The van der Waals surface area contributed by atoms with Crippen molar-refractivity contribution in [3.63, 3.8) is 0 Å². The number of imidazole rings is 1. The minimum Gasteiger partial charge on any atom is -0.352 e. The summed E-state index contributed by atoms with van der Waals surface area (Å²) in [7, 11) is 0. The van der Waals surface area contributed by atoms with Crippen LogP contribution in [0.25, 0.3) is 11.0 Å². The van der Waals surface area contributed by atoms with Crippen LogP contribution in [0.5, 0.6) is 0 Å². The Bertz CT molecular complexity index is 1040. The van der Waals surface area contributed by atoms with Gasteiger partial charge < -0.3 is 15.2 Å².